The van der Waals surface area contributed by atoms with Crippen LogP contribution in [0.4, 0.5) is 0 Å². The van der Waals surface area contributed by atoms with Crippen LogP contribution in [0.1, 0.15) is 24.5 Å². The average molecular weight is 185 g/mol. The van der Waals surface area contributed by atoms with Crippen LogP contribution >= 0.6 is 11.6 Å². The molecule has 0 spiro atoms. The Balaban J connectivity index is 2.39. The van der Waals surface area contributed by atoms with Crippen LogP contribution in [-0.4, -0.2) is 17.1 Å². The molecule has 64 valence electrons. The van der Waals surface area contributed by atoms with Gasteiger partial charge in [0.05, 0.1) is 19.0 Å². The van der Waals surface area contributed by atoms with Crippen molar-refractivity contribution in [3.8, 4) is 5.75 Å². The predicted molar refractivity (Wildman–Crippen MR) is 45.6 cm³/mol. The number of halogens is 1. The van der Waals surface area contributed by atoms with Gasteiger partial charge >= 0.3 is 0 Å². The van der Waals surface area contributed by atoms with Crippen molar-refractivity contribution in [1.29, 1.82) is 0 Å². The largest absolute Gasteiger partial charge is 0.493 e. The number of aromatic nitrogens is 2. The quantitative estimate of drug-likeness (QED) is 0.660. The highest BCUT2D eigenvalue weighted by atomic mass is 35.5. The van der Waals surface area contributed by atoms with Crippen LogP contribution < -0.4 is 4.74 Å². The van der Waals surface area contributed by atoms with Gasteiger partial charge in [-0.25, -0.2) is 9.97 Å². The van der Waals surface area contributed by atoms with Gasteiger partial charge in [0.25, 0.3) is 0 Å². The van der Waals surface area contributed by atoms with Crippen molar-refractivity contribution in [3.63, 3.8) is 0 Å². The molecule has 0 unspecified atom stereocenters. The van der Waals surface area contributed by atoms with E-state index < -0.39 is 0 Å². The second kappa shape index (κ2) is 2.90. The Morgan fingerprint density at radius 2 is 2.33 bits per heavy atom. The summed E-state index contributed by atoms with van der Waals surface area (Å²) in [5, 5.41) is 0.303. The highest BCUT2D eigenvalue weighted by molar-refractivity contribution is 6.28. The van der Waals surface area contributed by atoms with E-state index in [9.17, 15) is 0 Å². The number of hydrogen-bond donors (Lipinski definition) is 0. The van der Waals surface area contributed by atoms with Gasteiger partial charge in [-0.15, -0.1) is 0 Å². The molecular weight excluding hydrogens is 176 g/mol. The molecular formula is C8H9ClN2O. The van der Waals surface area contributed by atoms with E-state index >= 15 is 0 Å². The van der Waals surface area contributed by atoms with E-state index in [0.29, 0.717) is 11.2 Å². The van der Waals surface area contributed by atoms with Gasteiger partial charge in [0.1, 0.15) is 0 Å². The summed E-state index contributed by atoms with van der Waals surface area (Å²) in [4.78, 5) is 7.99. The molecule has 3 nitrogen and oxygen atoms in total. The van der Waals surface area contributed by atoms with Crippen LogP contribution in [0.5, 0.6) is 5.75 Å². The van der Waals surface area contributed by atoms with Crippen LogP contribution in [0.2, 0.25) is 5.28 Å². The molecule has 12 heavy (non-hydrogen) atoms. The Morgan fingerprint density at radius 1 is 1.58 bits per heavy atom. The second-order valence-electron chi connectivity index (χ2n) is 2.87. The maximum absolute atomic E-state index is 5.67. The topological polar surface area (TPSA) is 35.0 Å². The van der Waals surface area contributed by atoms with Crippen molar-refractivity contribution >= 4 is 11.6 Å². The first-order valence-corrected chi connectivity index (χ1v) is 4.25. The lowest BCUT2D eigenvalue weighted by molar-refractivity contribution is 0.404. The first kappa shape index (κ1) is 7.80. The number of hydrogen-bond acceptors (Lipinski definition) is 3. The third-order valence-corrected chi connectivity index (χ3v) is 2.12. The van der Waals surface area contributed by atoms with Crippen LogP contribution in [0.3, 0.4) is 0 Å². The van der Waals surface area contributed by atoms with Gasteiger partial charge in [0.2, 0.25) is 5.28 Å². The summed E-state index contributed by atoms with van der Waals surface area (Å²) in [5.41, 5.74) is 0.956. The standard InChI is InChI=1S/C8H9ClN2O/c1-12-6-4-10-8(9)11-7(6)5-2-3-5/h4-5H,2-3H2,1H3. The minimum absolute atomic E-state index is 0.303. The predicted octanol–water partition coefficient (Wildman–Crippen LogP) is 2.02. The summed E-state index contributed by atoms with van der Waals surface area (Å²) < 4.78 is 5.12. The molecule has 0 radical (unpaired) electrons. The molecule has 0 atom stereocenters. The van der Waals surface area contributed by atoms with Gasteiger partial charge < -0.3 is 4.74 Å². The lowest BCUT2D eigenvalue weighted by Gasteiger charge is -2.04. The Hall–Kier alpha value is -0.830. The molecule has 2 rings (SSSR count). The van der Waals surface area contributed by atoms with E-state index in [1.165, 1.54) is 12.8 Å². The van der Waals surface area contributed by atoms with E-state index in [1.807, 2.05) is 0 Å². The monoisotopic (exact) mass is 184 g/mol. The third kappa shape index (κ3) is 1.37. The summed E-state index contributed by atoms with van der Waals surface area (Å²) in [6.07, 6.45) is 4.00. The molecule has 1 aromatic heterocycles. The van der Waals surface area contributed by atoms with Crippen LogP contribution in [0.15, 0.2) is 6.20 Å². The average Bonchev–Trinajstić information content (AvgIpc) is 2.87. The first-order chi connectivity index (χ1) is 5.81. The maximum atomic E-state index is 5.67. The highest BCUT2D eigenvalue weighted by Crippen LogP contribution is 2.42. The molecule has 0 saturated heterocycles. The second-order valence-corrected chi connectivity index (χ2v) is 3.20. The smallest absolute Gasteiger partial charge is 0.222 e. The number of methoxy groups -OCH3 is 1. The van der Waals surface area contributed by atoms with E-state index in [2.05, 4.69) is 9.97 Å². The number of ether oxygens (including phenoxy) is 1. The van der Waals surface area contributed by atoms with Gasteiger partial charge in [-0.2, -0.15) is 0 Å². The van der Waals surface area contributed by atoms with Gasteiger partial charge in [-0.1, -0.05) is 0 Å². The van der Waals surface area contributed by atoms with Gasteiger partial charge in [-0.05, 0) is 24.4 Å². The Labute approximate surface area is 75.7 Å². The fraction of sp³-hybridized carbons (Fsp3) is 0.500. The SMILES string of the molecule is COc1cnc(Cl)nc1C1CC1. The molecule has 0 aromatic carbocycles. The molecule has 4 heteroatoms. The van der Waals surface area contributed by atoms with Crippen molar-refractivity contribution in [2.45, 2.75) is 18.8 Å². The molecule has 1 heterocycles. The lowest BCUT2D eigenvalue weighted by Crippen LogP contribution is -1.95. The summed E-state index contributed by atoms with van der Waals surface area (Å²) in [7, 11) is 1.62. The summed E-state index contributed by atoms with van der Waals surface area (Å²) in [6, 6.07) is 0. The van der Waals surface area contributed by atoms with Crippen molar-refractivity contribution in [1.82, 2.24) is 9.97 Å². The molecule has 0 amide bonds. The van der Waals surface area contributed by atoms with Crippen molar-refractivity contribution < 1.29 is 4.74 Å². The third-order valence-electron chi connectivity index (χ3n) is 1.94. The minimum atomic E-state index is 0.303. The maximum Gasteiger partial charge on any atom is 0.222 e. The van der Waals surface area contributed by atoms with Crippen molar-refractivity contribution in [2.24, 2.45) is 0 Å². The van der Waals surface area contributed by atoms with Gasteiger partial charge in [0, 0.05) is 5.92 Å². The molecule has 1 fully saturated rings. The number of rotatable bonds is 2. The van der Waals surface area contributed by atoms with E-state index in [4.69, 9.17) is 16.3 Å². The van der Waals surface area contributed by atoms with Crippen LogP contribution in [-0.2, 0) is 0 Å². The fourth-order valence-corrected chi connectivity index (χ4v) is 1.31. The molecule has 1 aliphatic carbocycles. The van der Waals surface area contributed by atoms with Gasteiger partial charge in [-0.3, -0.25) is 0 Å². The Morgan fingerprint density at radius 3 is 2.92 bits per heavy atom. The summed E-state index contributed by atoms with van der Waals surface area (Å²) in [5.74, 6) is 1.29. The molecule has 0 bridgehead atoms. The zero-order valence-electron chi connectivity index (χ0n) is 6.75. The Kier molecular flexibility index (Phi) is 1.89. The zero-order chi connectivity index (χ0) is 8.55. The highest BCUT2D eigenvalue weighted by Gasteiger charge is 2.28. The van der Waals surface area contributed by atoms with E-state index in [0.717, 1.165) is 11.4 Å². The number of nitrogens with zero attached hydrogens (tertiary/aromatic N) is 2. The Bertz CT molecular complexity index is 299. The van der Waals surface area contributed by atoms with Crippen molar-refractivity contribution in [2.75, 3.05) is 7.11 Å². The normalized spacial score (nSPS) is 16.2. The lowest BCUT2D eigenvalue weighted by atomic mass is 10.2. The van der Waals surface area contributed by atoms with Crippen LogP contribution in [0.25, 0.3) is 0 Å². The van der Waals surface area contributed by atoms with Crippen molar-refractivity contribution in [3.05, 3.63) is 17.2 Å². The summed E-state index contributed by atoms with van der Waals surface area (Å²) >= 11 is 5.67. The zero-order valence-corrected chi connectivity index (χ0v) is 7.51. The molecule has 1 aromatic rings. The van der Waals surface area contributed by atoms with E-state index in [1.54, 1.807) is 13.3 Å². The summed E-state index contributed by atoms with van der Waals surface area (Å²) in [6.45, 7) is 0. The van der Waals surface area contributed by atoms with E-state index in [-0.39, 0.29) is 0 Å². The first-order valence-electron chi connectivity index (χ1n) is 3.87. The molecule has 0 aliphatic heterocycles. The molecule has 0 N–H and O–H groups in total. The molecule has 1 saturated carbocycles. The fourth-order valence-electron chi connectivity index (χ4n) is 1.17. The van der Waals surface area contributed by atoms with Gasteiger partial charge in [0.15, 0.2) is 5.75 Å². The van der Waals surface area contributed by atoms with Crippen LogP contribution in [0, 0.1) is 0 Å². The molecule has 1 aliphatic rings. The minimum Gasteiger partial charge on any atom is -0.493 e.